The Balaban J connectivity index is 1.99. The highest BCUT2D eigenvalue weighted by Crippen LogP contribution is 2.27. The summed E-state index contributed by atoms with van der Waals surface area (Å²) in [6, 6.07) is 17.2. The van der Waals surface area contributed by atoms with Gasteiger partial charge in [0.2, 0.25) is 0 Å². The Morgan fingerprint density at radius 2 is 1.25 bits per heavy atom. The van der Waals surface area contributed by atoms with E-state index in [1.165, 1.54) is 17.7 Å². The lowest BCUT2D eigenvalue weighted by Crippen LogP contribution is -2.10. The van der Waals surface area contributed by atoms with Crippen molar-refractivity contribution in [2.75, 3.05) is 0 Å². The highest BCUT2D eigenvalue weighted by atomic mass is 19.1. The number of aromatic nitrogens is 1. The molecule has 3 heteroatoms. The molecule has 0 saturated carbocycles. The topological polar surface area (TPSA) is 12.9 Å². The van der Waals surface area contributed by atoms with Gasteiger partial charge in [-0.2, -0.15) is 0 Å². The number of pyridine rings is 1. The molecule has 0 bridgehead atoms. The van der Waals surface area contributed by atoms with E-state index in [4.69, 9.17) is 0 Å². The van der Waals surface area contributed by atoms with Crippen LogP contribution in [-0.2, 0) is 5.41 Å². The maximum atomic E-state index is 13.4. The van der Waals surface area contributed by atoms with Gasteiger partial charge in [0, 0.05) is 17.2 Å². The van der Waals surface area contributed by atoms with Crippen LogP contribution < -0.4 is 0 Å². The molecule has 3 aromatic rings. The molecular formula is C21H19F2N. The molecule has 0 amide bonds. The minimum atomic E-state index is -0.605. The molecule has 1 aromatic heterocycles. The number of benzene rings is 2. The van der Waals surface area contributed by atoms with Crippen molar-refractivity contribution in [3.05, 3.63) is 77.9 Å². The average Bonchev–Trinajstić information content (AvgIpc) is 2.53. The van der Waals surface area contributed by atoms with Crippen molar-refractivity contribution >= 4 is 0 Å². The molecule has 0 aliphatic heterocycles. The van der Waals surface area contributed by atoms with Gasteiger partial charge in [-0.1, -0.05) is 51.1 Å². The smallest absolute Gasteiger partial charge is 0.126 e. The summed E-state index contributed by atoms with van der Waals surface area (Å²) in [6.45, 7) is 6.50. The van der Waals surface area contributed by atoms with E-state index in [1.54, 1.807) is 6.07 Å². The Hall–Kier alpha value is -2.55. The van der Waals surface area contributed by atoms with Crippen LogP contribution in [0.5, 0.6) is 0 Å². The maximum absolute atomic E-state index is 13.4. The van der Waals surface area contributed by atoms with Gasteiger partial charge in [-0.15, -0.1) is 0 Å². The molecule has 24 heavy (non-hydrogen) atoms. The molecule has 0 radical (unpaired) electrons. The fourth-order valence-electron chi connectivity index (χ4n) is 2.60. The highest BCUT2D eigenvalue weighted by molar-refractivity contribution is 5.66. The molecule has 0 saturated heterocycles. The van der Waals surface area contributed by atoms with Crippen molar-refractivity contribution in [1.29, 1.82) is 0 Å². The number of halogens is 2. The Kier molecular flexibility index (Phi) is 4.18. The second-order valence-electron chi connectivity index (χ2n) is 6.89. The van der Waals surface area contributed by atoms with Crippen molar-refractivity contribution in [2.45, 2.75) is 26.2 Å². The first-order valence-corrected chi connectivity index (χ1v) is 7.87. The van der Waals surface area contributed by atoms with Gasteiger partial charge in [-0.3, -0.25) is 0 Å². The Labute approximate surface area is 141 Å². The van der Waals surface area contributed by atoms with Gasteiger partial charge in [0.1, 0.15) is 11.6 Å². The normalized spacial score (nSPS) is 11.5. The molecule has 1 heterocycles. The number of hydrogen-bond acceptors (Lipinski definition) is 1. The summed E-state index contributed by atoms with van der Waals surface area (Å²) in [4.78, 5) is 4.55. The van der Waals surface area contributed by atoms with Gasteiger partial charge in [0.05, 0.1) is 11.4 Å². The maximum Gasteiger partial charge on any atom is 0.126 e. The van der Waals surface area contributed by atoms with Gasteiger partial charge in [0.15, 0.2) is 0 Å². The highest BCUT2D eigenvalue weighted by Gasteiger charge is 2.13. The Morgan fingerprint density at radius 3 is 1.79 bits per heavy atom. The molecule has 0 unspecified atom stereocenters. The van der Waals surface area contributed by atoms with Gasteiger partial charge in [-0.25, -0.2) is 13.8 Å². The predicted octanol–water partition coefficient (Wildman–Crippen LogP) is 5.99. The summed E-state index contributed by atoms with van der Waals surface area (Å²) in [5, 5.41) is 0. The minimum absolute atomic E-state index is 0.0902. The lowest BCUT2D eigenvalue weighted by molar-refractivity contribution is 0.584. The van der Waals surface area contributed by atoms with E-state index in [2.05, 4.69) is 37.9 Å². The molecule has 0 aliphatic carbocycles. The summed E-state index contributed by atoms with van der Waals surface area (Å²) in [6.07, 6.45) is 0. The SMILES string of the molecule is CC(C)(C)c1ccc(-c2cccc(-c3cc(F)cc(F)c3)n2)cc1. The zero-order valence-corrected chi connectivity index (χ0v) is 14.0. The molecule has 0 fully saturated rings. The molecule has 1 nitrogen and oxygen atoms in total. The van der Waals surface area contributed by atoms with Crippen LogP contribution in [-0.4, -0.2) is 4.98 Å². The van der Waals surface area contributed by atoms with Gasteiger partial charge in [-0.05, 0) is 35.2 Å². The zero-order chi connectivity index (χ0) is 17.3. The Morgan fingerprint density at radius 1 is 0.708 bits per heavy atom. The quantitative estimate of drug-likeness (QED) is 0.564. The number of hydrogen-bond donors (Lipinski definition) is 0. The first kappa shape index (κ1) is 16.3. The van der Waals surface area contributed by atoms with Gasteiger partial charge >= 0.3 is 0 Å². The van der Waals surface area contributed by atoms with Crippen molar-refractivity contribution < 1.29 is 8.78 Å². The van der Waals surface area contributed by atoms with Crippen LogP contribution in [0.3, 0.4) is 0 Å². The van der Waals surface area contributed by atoms with Crippen molar-refractivity contribution in [1.82, 2.24) is 4.98 Å². The van der Waals surface area contributed by atoms with Crippen LogP contribution in [0.2, 0.25) is 0 Å². The van der Waals surface area contributed by atoms with E-state index in [0.29, 0.717) is 11.3 Å². The second kappa shape index (κ2) is 6.16. The van der Waals surface area contributed by atoms with Crippen LogP contribution in [0.25, 0.3) is 22.5 Å². The van der Waals surface area contributed by atoms with Crippen LogP contribution in [0.1, 0.15) is 26.3 Å². The van der Waals surface area contributed by atoms with Crippen molar-refractivity contribution in [2.24, 2.45) is 0 Å². The van der Waals surface area contributed by atoms with Crippen molar-refractivity contribution in [3.63, 3.8) is 0 Å². The molecule has 2 aromatic carbocycles. The first-order chi connectivity index (χ1) is 11.3. The largest absolute Gasteiger partial charge is 0.248 e. The van der Waals surface area contributed by atoms with Crippen LogP contribution in [0.15, 0.2) is 60.7 Å². The molecular weight excluding hydrogens is 304 g/mol. The number of nitrogens with zero attached hydrogens (tertiary/aromatic N) is 1. The molecule has 0 atom stereocenters. The lowest BCUT2D eigenvalue weighted by atomic mass is 9.86. The molecule has 0 N–H and O–H groups in total. The van der Waals surface area contributed by atoms with E-state index in [-0.39, 0.29) is 5.41 Å². The minimum Gasteiger partial charge on any atom is -0.248 e. The summed E-state index contributed by atoms with van der Waals surface area (Å²) >= 11 is 0. The summed E-state index contributed by atoms with van der Waals surface area (Å²) in [7, 11) is 0. The fraction of sp³-hybridized carbons (Fsp3) is 0.190. The average molecular weight is 323 g/mol. The molecule has 3 rings (SSSR count). The van der Waals surface area contributed by atoms with E-state index < -0.39 is 11.6 Å². The second-order valence-corrected chi connectivity index (χ2v) is 6.89. The first-order valence-electron chi connectivity index (χ1n) is 7.87. The van der Waals surface area contributed by atoms with Gasteiger partial charge < -0.3 is 0 Å². The summed E-state index contributed by atoms with van der Waals surface area (Å²) in [5.74, 6) is -1.21. The van der Waals surface area contributed by atoms with Crippen LogP contribution >= 0.6 is 0 Å². The third-order valence-electron chi connectivity index (χ3n) is 3.95. The van der Waals surface area contributed by atoms with E-state index in [9.17, 15) is 8.78 Å². The Bertz CT molecular complexity index is 842. The number of rotatable bonds is 2. The molecule has 122 valence electrons. The third-order valence-corrected chi connectivity index (χ3v) is 3.95. The fourth-order valence-corrected chi connectivity index (χ4v) is 2.60. The standard InChI is InChI=1S/C21H19F2N/c1-21(2,3)16-9-7-14(8-10-16)19-5-4-6-20(24-19)15-11-17(22)13-18(23)12-15/h4-13H,1-3H3. The molecule has 0 aliphatic rings. The van der Waals surface area contributed by atoms with Crippen molar-refractivity contribution in [3.8, 4) is 22.5 Å². The van der Waals surface area contributed by atoms with Crippen LogP contribution in [0, 0.1) is 11.6 Å². The van der Waals surface area contributed by atoms with Crippen LogP contribution in [0.4, 0.5) is 8.78 Å². The predicted molar refractivity (Wildman–Crippen MR) is 93.7 cm³/mol. The monoisotopic (exact) mass is 323 g/mol. The zero-order valence-electron chi connectivity index (χ0n) is 14.0. The van der Waals surface area contributed by atoms with E-state index in [1.807, 2.05) is 24.3 Å². The summed E-state index contributed by atoms with van der Waals surface area (Å²) < 4.78 is 26.9. The lowest BCUT2D eigenvalue weighted by Gasteiger charge is -2.19. The molecule has 0 spiro atoms. The third kappa shape index (κ3) is 3.51. The van der Waals surface area contributed by atoms with E-state index >= 15 is 0 Å². The van der Waals surface area contributed by atoms with Gasteiger partial charge in [0.25, 0.3) is 0 Å². The van der Waals surface area contributed by atoms with E-state index in [0.717, 1.165) is 17.3 Å². The summed E-state index contributed by atoms with van der Waals surface area (Å²) in [5.41, 5.74) is 4.06.